The molecule has 0 aliphatic heterocycles. The number of nitriles is 1. The third-order valence-corrected chi connectivity index (χ3v) is 15.1. The highest BCUT2D eigenvalue weighted by molar-refractivity contribution is 6.14. The van der Waals surface area contributed by atoms with E-state index in [0.717, 1.165) is 94.4 Å². The molecule has 0 spiro atoms. The van der Waals surface area contributed by atoms with Crippen LogP contribution in [0.1, 0.15) is 72.3 Å². The number of hydrogen-bond acceptors (Lipinski definition) is 1. The highest BCUT2D eigenvalue weighted by atomic mass is 19.1. The second-order valence-corrected chi connectivity index (χ2v) is 20.7. The van der Waals surface area contributed by atoms with Crippen LogP contribution in [0.5, 0.6) is 0 Å². The van der Waals surface area contributed by atoms with Crippen molar-refractivity contribution in [2.24, 2.45) is 0 Å². The monoisotopic (exact) mass is 941 g/mol. The minimum absolute atomic E-state index is 0.00208. The molecule has 354 valence electrons. The third kappa shape index (κ3) is 7.26. The van der Waals surface area contributed by atoms with Gasteiger partial charge in [0.15, 0.2) is 11.6 Å². The second-order valence-electron chi connectivity index (χ2n) is 20.7. The Bertz CT molecular complexity index is 3850. The molecule has 0 aliphatic rings. The molecule has 72 heavy (non-hydrogen) atoms. The SMILES string of the molecule is Cc1cc(C)c(-c2ccc3c(c2)c2ccc(-c4c(C)cc(C)cc4C)cc2n3-c2c(F)cc(F)c(-n3c4ccc(-c5c(C)cc(C)cc5C)cc4c4ccc(-c5c(C)cc(C)cc5C)cc43)c2C#N)c(C)c1. The van der Waals surface area contributed by atoms with E-state index in [2.05, 4.69) is 198 Å². The van der Waals surface area contributed by atoms with Crippen LogP contribution in [0.25, 0.3) is 99.5 Å². The lowest BCUT2D eigenvalue weighted by atomic mass is 9.92. The normalized spacial score (nSPS) is 11.7. The van der Waals surface area contributed by atoms with Crippen molar-refractivity contribution in [3.8, 4) is 62.0 Å². The van der Waals surface area contributed by atoms with Gasteiger partial charge in [0.05, 0.1) is 22.1 Å². The Balaban J connectivity index is 1.25. The quantitative estimate of drug-likeness (QED) is 0.164. The molecule has 0 saturated heterocycles. The molecule has 3 nitrogen and oxygen atoms in total. The molecule has 9 aromatic carbocycles. The molecular formula is C67H57F2N3. The summed E-state index contributed by atoms with van der Waals surface area (Å²) in [7, 11) is 0. The van der Waals surface area contributed by atoms with Gasteiger partial charge in [-0.2, -0.15) is 5.26 Å². The van der Waals surface area contributed by atoms with Crippen molar-refractivity contribution in [2.75, 3.05) is 0 Å². The topological polar surface area (TPSA) is 33.6 Å². The van der Waals surface area contributed by atoms with E-state index in [-0.39, 0.29) is 16.9 Å². The van der Waals surface area contributed by atoms with Crippen molar-refractivity contribution < 1.29 is 8.78 Å². The molecule has 0 fully saturated rings. The van der Waals surface area contributed by atoms with Gasteiger partial charge in [0.2, 0.25) is 0 Å². The van der Waals surface area contributed by atoms with Crippen molar-refractivity contribution in [1.82, 2.24) is 9.13 Å². The van der Waals surface area contributed by atoms with Crippen LogP contribution in [-0.4, -0.2) is 9.13 Å². The maximum Gasteiger partial charge on any atom is 0.151 e. The largest absolute Gasteiger partial charge is 0.305 e. The van der Waals surface area contributed by atoms with Crippen LogP contribution in [0.4, 0.5) is 8.78 Å². The average Bonchev–Trinajstić information content (AvgIpc) is 3.78. The Labute approximate surface area is 421 Å². The highest BCUT2D eigenvalue weighted by Crippen LogP contribution is 2.45. The third-order valence-electron chi connectivity index (χ3n) is 15.1. The van der Waals surface area contributed by atoms with Gasteiger partial charge in [0.25, 0.3) is 0 Å². The predicted molar refractivity (Wildman–Crippen MR) is 298 cm³/mol. The molecule has 0 atom stereocenters. The van der Waals surface area contributed by atoms with Gasteiger partial charge < -0.3 is 9.13 Å². The van der Waals surface area contributed by atoms with Gasteiger partial charge >= 0.3 is 0 Å². The number of aromatic nitrogens is 2. The van der Waals surface area contributed by atoms with Crippen LogP contribution >= 0.6 is 0 Å². The fourth-order valence-electron chi connectivity index (χ4n) is 12.8. The van der Waals surface area contributed by atoms with Crippen LogP contribution in [0, 0.1) is 106 Å². The molecule has 0 aliphatic carbocycles. The summed E-state index contributed by atoms with van der Waals surface area (Å²) in [5, 5.41) is 15.2. The van der Waals surface area contributed by atoms with Crippen molar-refractivity contribution >= 4 is 43.6 Å². The molecule has 0 unspecified atom stereocenters. The van der Waals surface area contributed by atoms with Gasteiger partial charge in [-0.3, -0.25) is 0 Å². The van der Waals surface area contributed by atoms with Gasteiger partial charge in [0, 0.05) is 27.6 Å². The zero-order valence-corrected chi connectivity index (χ0v) is 43.2. The number of nitrogens with zero attached hydrogens (tertiary/aromatic N) is 3. The maximum absolute atomic E-state index is 17.6. The minimum Gasteiger partial charge on any atom is -0.305 e. The number of halogens is 2. The van der Waals surface area contributed by atoms with E-state index in [1.165, 1.54) is 44.5 Å². The van der Waals surface area contributed by atoms with E-state index in [9.17, 15) is 5.26 Å². The van der Waals surface area contributed by atoms with Crippen LogP contribution < -0.4 is 0 Å². The van der Waals surface area contributed by atoms with Gasteiger partial charge in [-0.25, -0.2) is 8.78 Å². The molecule has 0 saturated carbocycles. The second kappa shape index (κ2) is 17.1. The number of benzene rings is 9. The summed E-state index contributed by atoms with van der Waals surface area (Å²) >= 11 is 0. The number of fused-ring (bicyclic) bond motifs is 6. The maximum atomic E-state index is 17.6. The molecule has 0 bridgehead atoms. The summed E-state index contributed by atoms with van der Waals surface area (Å²) < 4.78 is 38.9. The molecule has 11 rings (SSSR count). The zero-order chi connectivity index (χ0) is 50.8. The lowest BCUT2D eigenvalue weighted by molar-refractivity contribution is 0.574. The van der Waals surface area contributed by atoms with E-state index in [4.69, 9.17) is 0 Å². The average molecular weight is 942 g/mol. The highest BCUT2D eigenvalue weighted by Gasteiger charge is 2.28. The molecule has 0 amide bonds. The van der Waals surface area contributed by atoms with E-state index in [1.54, 1.807) is 0 Å². The van der Waals surface area contributed by atoms with Crippen LogP contribution in [0.15, 0.2) is 127 Å². The molecular weight excluding hydrogens is 885 g/mol. The Morgan fingerprint density at radius 3 is 0.889 bits per heavy atom. The van der Waals surface area contributed by atoms with Crippen LogP contribution in [0.3, 0.4) is 0 Å². The first-order chi connectivity index (χ1) is 34.4. The van der Waals surface area contributed by atoms with E-state index >= 15 is 8.78 Å². The number of aryl methyl sites for hydroxylation is 12. The van der Waals surface area contributed by atoms with Crippen LogP contribution in [0.2, 0.25) is 0 Å². The Kier molecular flexibility index (Phi) is 11.0. The first-order valence-corrected chi connectivity index (χ1v) is 24.8. The fourth-order valence-corrected chi connectivity index (χ4v) is 12.8. The minimum atomic E-state index is -0.825. The molecule has 2 aromatic heterocycles. The van der Waals surface area contributed by atoms with Crippen molar-refractivity contribution in [2.45, 2.75) is 83.1 Å². The first kappa shape index (κ1) is 46.3. The Morgan fingerprint density at radius 2 is 0.597 bits per heavy atom. The summed E-state index contributed by atoms with van der Waals surface area (Å²) in [6.45, 7) is 25.5. The predicted octanol–water partition coefficient (Wildman–Crippen LogP) is 18.4. The summed E-state index contributed by atoms with van der Waals surface area (Å²) in [6.07, 6.45) is 0. The molecule has 11 aromatic rings. The molecule has 2 heterocycles. The standard InChI is InChI=1S/C67H57F2N3/c1-35-21-39(5)62(40(6)22-35)47-15-19-58-53(29-47)51-17-13-49(64-43(9)25-37(3)26-44(64)10)31-60(51)71(58)66-55(34-70)67(57(69)33-56(66)68)72-59-20-16-48(63-41(7)23-36(2)24-42(63)8)30-54(59)52-18-14-50(32-61(52)72)65-45(11)27-38(4)28-46(65)12/h13-33H,1-12H3. The molecule has 0 radical (unpaired) electrons. The first-order valence-electron chi connectivity index (χ1n) is 24.8. The number of rotatable bonds is 6. The van der Waals surface area contributed by atoms with E-state index in [0.29, 0.717) is 22.1 Å². The van der Waals surface area contributed by atoms with Crippen molar-refractivity contribution in [3.63, 3.8) is 0 Å². The van der Waals surface area contributed by atoms with Gasteiger partial charge in [-0.15, -0.1) is 0 Å². The molecule has 0 N–H and O–H groups in total. The smallest absolute Gasteiger partial charge is 0.151 e. The van der Waals surface area contributed by atoms with Gasteiger partial charge in [-0.1, -0.05) is 107 Å². The summed E-state index contributed by atoms with van der Waals surface area (Å²) in [6, 6.07) is 46.3. The van der Waals surface area contributed by atoms with Crippen molar-refractivity contribution in [3.05, 3.63) is 211 Å². The lowest BCUT2D eigenvalue weighted by Crippen LogP contribution is -2.09. The molecule has 5 heteroatoms. The number of hydrogen-bond donors (Lipinski definition) is 0. The lowest BCUT2D eigenvalue weighted by Gasteiger charge is -2.19. The zero-order valence-electron chi connectivity index (χ0n) is 43.2. The van der Waals surface area contributed by atoms with Gasteiger partial charge in [0.1, 0.15) is 23.0 Å². The van der Waals surface area contributed by atoms with Crippen LogP contribution in [-0.2, 0) is 0 Å². The summed E-state index contributed by atoms with van der Waals surface area (Å²) in [4.78, 5) is 0. The van der Waals surface area contributed by atoms with E-state index < -0.39 is 11.6 Å². The fraction of sp³-hybridized carbons (Fsp3) is 0.179. The van der Waals surface area contributed by atoms with Gasteiger partial charge in [-0.05, 0) is 208 Å². The van der Waals surface area contributed by atoms with Crippen molar-refractivity contribution in [1.29, 1.82) is 5.26 Å². The Morgan fingerprint density at radius 1 is 0.319 bits per heavy atom. The Hall–Kier alpha value is -8.07. The summed E-state index contributed by atoms with van der Waals surface area (Å²) in [5.41, 5.74) is 25.2. The summed E-state index contributed by atoms with van der Waals surface area (Å²) in [5.74, 6) is -1.65. The van der Waals surface area contributed by atoms with E-state index in [1.807, 2.05) is 21.3 Å².